The molecule has 23 heavy (non-hydrogen) atoms. The first kappa shape index (κ1) is 14.9. The zero-order valence-electron chi connectivity index (χ0n) is 11.3. The van der Waals surface area contributed by atoms with Gasteiger partial charge in [-0.3, -0.25) is 15.4 Å². The van der Waals surface area contributed by atoms with E-state index >= 15 is 0 Å². The molecule has 0 spiro atoms. The number of aromatic nitrogens is 3. The van der Waals surface area contributed by atoms with E-state index in [9.17, 15) is 14.9 Å². The van der Waals surface area contributed by atoms with Crippen molar-refractivity contribution in [1.29, 1.82) is 0 Å². The predicted octanol–water partition coefficient (Wildman–Crippen LogP) is 3.16. The van der Waals surface area contributed by atoms with E-state index in [1.54, 1.807) is 24.3 Å². The number of anilines is 1. The highest BCUT2D eigenvalue weighted by atomic mass is 79.9. The predicted molar refractivity (Wildman–Crippen MR) is 84.4 cm³/mol. The number of amides is 1. The Morgan fingerprint density at radius 1 is 1.35 bits per heavy atom. The summed E-state index contributed by atoms with van der Waals surface area (Å²) in [5.41, 5.74) is 1.23. The molecule has 0 bridgehead atoms. The molecule has 1 aromatic carbocycles. The zero-order chi connectivity index (χ0) is 16.6. The maximum atomic E-state index is 11.2. The second kappa shape index (κ2) is 5.65. The number of pyridine rings is 1. The van der Waals surface area contributed by atoms with Gasteiger partial charge < -0.3 is 5.11 Å². The third-order valence-electron chi connectivity index (χ3n) is 3.07. The van der Waals surface area contributed by atoms with Crippen molar-refractivity contribution in [2.24, 2.45) is 0 Å². The van der Waals surface area contributed by atoms with Gasteiger partial charge in [-0.25, -0.2) is 14.3 Å². The van der Waals surface area contributed by atoms with Gasteiger partial charge in [0.1, 0.15) is 5.69 Å². The maximum absolute atomic E-state index is 11.2. The van der Waals surface area contributed by atoms with Gasteiger partial charge >= 0.3 is 6.09 Å². The van der Waals surface area contributed by atoms with Crippen molar-refractivity contribution in [3.05, 3.63) is 51.2 Å². The topological polar surface area (TPSA) is 123 Å². The average Bonchev–Trinajstić information content (AvgIpc) is 2.87. The van der Waals surface area contributed by atoms with Gasteiger partial charge in [0.2, 0.25) is 4.73 Å². The lowest BCUT2D eigenvalue weighted by molar-refractivity contribution is -0.383. The zero-order valence-corrected chi connectivity index (χ0v) is 12.9. The number of fused-ring (bicyclic) bond motifs is 1. The first-order valence-corrected chi connectivity index (χ1v) is 7.05. The van der Waals surface area contributed by atoms with Gasteiger partial charge in [-0.05, 0) is 34.1 Å². The van der Waals surface area contributed by atoms with Crippen molar-refractivity contribution in [2.45, 2.75) is 0 Å². The number of carboxylic acid groups (broad SMARTS) is 1. The third-order valence-corrected chi connectivity index (χ3v) is 3.40. The van der Waals surface area contributed by atoms with Crippen molar-refractivity contribution >= 4 is 39.0 Å². The molecule has 3 aromatic rings. The number of halogens is 1. The fourth-order valence-electron chi connectivity index (χ4n) is 2.16. The second-order valence-electron chi connectivity index (χ2n) is 4.48. The van der Waals surface area contributed by atoms with Crippen LogP contribution in [-0.4, -0.2) is 30.7 Å². The molecule has 2 N–H and O–H groups in total. The van der Waals surface area contributed by atoms with Crippen LogP contribution in [-0.2, 0) is 0 Å². The highest BCUT2D eigenvalue weighted by Crippen LogP contribution is 2.31. The molecule has 0 saturated carbocycles. The minimum absolute atomic E-state index is 0.0989. The van der Waals surface area contributed by atoms with E-state index in [2.05, 4.69) is 26.0 Å². The van der Waals surface area contributed by atoms with Crippen molar-refractivity contribution < 1.29 is 14.8 Å². The van der Waals surface area contributed by atoms with Crippen LogP contribution in [0.5, 0.6) is 0 Å². The minimum Gasteiger partial charge on any atom is -0.465 e. The Morgan fingerprint density at radius 2 is 2.13 bits per heavy atom. The molecule has 0 aliphatic carbocycles. The largest absolute Gasteiger partial charge is 0.465 e. The Labute approximate surface area is 136 Å². The van der Waals surface area contributed by atoms with Crippen LogP contribution in [0.2, 0.25) is 0 Å². The van der Waals surface area contributed by atoms with Gasteiger partial charge in [0, 0.05) is 11.6 Å². The van der Waals surface area contributed by atoms with E-state index in [0.29, 0.717) is 21.6 Å². The molecule has 2 aromatic heterocycles. The highest BCUT2D eigenvalue weighted by Gasteiger charge is 2.18. The van der Waals surface area contributed by atoms with E-state index in [4.69, 9.17) is 5.11 Å². The van der Waals surface area contributed by atoms with E-state index < -0.39 is 11.0 Å². The molecule has 3 rings (SSSR count). The molecule has 10 heteroatoms. The molecule has 0 aliphatic rings. The number of nitro benzene ring substituents is 1. The molecule has 0 atom stereocenters. The highest BCUT2D eigenvalue weighted by molar-refractivity contribution is 9.10. The Morgan fingerprint density at radius 3 is 2.83 bits per heavy atom. The summed E-state index contributed by atoms with van der Waals surface area (Å²) >= 11 is 3.18. The lowest BCUT2D eigenvalue weighted by Crippen LogP contribution is -2.09. The van der Waals surface area contributed by atoms with Crippen LogP contribution in [0.15, 0.2) is 41.1 Å². The molecular weight excluding hydrogens is 370 g/mol. The van der Waals surface area contributed by atoms with Crippen LogP contribution < -0.4 is 5.32 Å². The number of carbonyl (C=O) groups is 1. The van der Waals surface area contributed by atoms with Crippen molar-refractivity contribution in [3.63, 3.8) is 0 Å². The molecule has 2 heterocycles. The van der Waals surface area contributed by atoms with Crippen molar-refractivity contribution in [1.82, 2.24) is 14.6 Å². The lowest BCUT2D eigenvalue weighted by Gasteiger charge is -2.07. The maximum Gasteiger partial charge on any atom is 0.409 e. The second-order valence-corrected chi connectivity index (χ2v) is 5.19. The summed E-state index contributed by atoms with van der Waals surface area (Å²) in [4.78, 5) is 25.4. The Hall–Kier alpha value is -3.01. The summed E-state index contributed by atoms with van der Waals surface area (Å²) in [6, 6.07) is 9.43. The molecular formula is C13H8BrN5O4. The molecule has 0 unspecified atom stereocenters. The van der Waals surface area contributed by atoms with E-state index in [0.717, 1.165) is 0 Å². The van der Waals surface area contributed by atoms with Crippen LogP contribution in [0.4, 0.5) is 16.2 Å². The van der Waals surface area contributed by atoms with Crippen LogP contribution in [0.25, 0.3) is 16.9 Å². The quantitative estimate of drug-likeness (QED) is 0.533. The molecule has 0 saturated heterocycles. The van der Waals surface area contributed by atoms with Crippen LogP contribution >= 0.6 is 15.9 Å². The Kier molecular flexibility index (Phi) is 3.66. The molecule has 0 fully saturated rings. The van der Waals surface area contributed by atoms with Gasteiger partial charge in [0.05, 0.1) is 10.6 Å². The van der Waals surface area contributed by atoms with Crippen LogP contribution in [0.1, 0.15) is 0 Å². The van der Waals surface area contributed by atoms with Gasteiger partial charge in [0.15, 0.2) is 5.65 Å². The third kappa shape index (κ3) is 2.83. The SMILES string of the molecule is O=C(O)Nc1ccc(-c2cccc3nc(Br)nn23)cc1[N+](=O)[O-]. The Bertz CT molecular complexity index is 939. The number of hydrogen-bond acceptors (Lipinski definition) is 5. The fourth-order valence-corrected chi connectivity index (χ4v) is 2.50. The van der Waals surface area contributed by atoms with E-state index in [-0.39, 0.29) is 11.4 Å². The fraction of sp³-hybridized carbons (Fsp3) is 0. The first-order chi connectivity index (χ1) is 11.0. The van der Waals surface area contributed by atoms with Gasteiger partial charge in [-0.1, -0.05) is 12.1 Å². The number of rotatable bonds is 3. The van der Waals surface area contributed by atoms with Crippen molar-refractivity contribution in [3.8, 4) is 11.3 Å². The number of nitrogens with zero attached hydrogens (tertiary/aromatic N) is 4. The van der Waals surface area contributed by atoms with Gasteiger partial charge in [0.25, 0.3) is 5.69 Å². The normalized spacial score (nSPS) is 10.7. The summed E-state index contributed by atoms with van der Waals surface area (Å²) in [6.07, 6.45) is -1.37. The van der Waals surface area contributed by atoms with Crippen LogP contribution in [0.3, 0.4) is 0 Å². The number of benzene rings is 1. The molecule has 1 amide bonds. The monoisotopic (exact) mass is 377 g/mol. The summed E-state index contributed by atoms with van der Waals surface area (Å²) in [7, 11) is 0. The van der Waals surface area contributed by atoms with E-state index in [1.165, 1.54) is 16.6 Å². The lowest BCUT2D eigenvalue weighted by atomic mass is 10.1. The van der Waals surface area contributed by atoms with Gasteiger partial charge in [-0.2, -0.15) is 0 Å². The summed E-state index contributed by atoms with van der Waals surface area (Å²) in [5.74, 6) is 0. The van der Waals surface area contributed by atoms with E-state index in [1.807, 2.05) is 5.32 Å². The molecule has 9 nitrogen and oxygen atoms in total. The molecule has 0 radical (unpaired) electrons. The van der Waals surface area contributed by atoms with Crippen LogP contribution in [0, 0.1) is 10.1 Å². The average molecular weight is 378 g/mol. The number of nitro groups is 1. The summed E-state index contributed by atoms with van der Waals surface area (Å²) in [5, 5.41) is 26.1. The summed E-state index contributed by atoms with van der Waals surface area (Å²) in [6.45, 7) is 0. The summed E-state index contributed by atoms with van der Waals surface area (Å²) < 4.78 is 1.93. The molecule has 116 valence electrons. The number of nitrogens with one attached hydrogen (secondary N) is 1. The molecule has 0 aliphatic heterocycles. The first-order valence-electron chi connectivity index (χ1n) is 6.26. The van der Waals surface area contributed by atoms with Crippen molar-refractivity contribution in [2.75, 3.05) is 5.32 Å². The number of hydrogen-bond donors (Lipinski definition) is 2. The Balaban J connectivity index is 2.17. The standard InChI is InChI=1S/C13H8BrN5O4/c14-12-16-11-3-1-2-9(18(11)17-12)7-4-5-8(15-13(20)21)10(6-7)19(22)23/h1-6,15H,(H,20,21). The smallest absolute Gasteiger partial charge is 0.409 e. The van der Waals surface area contributed by atoms with Gasteiger partial charge in [-0.15, -0.1) is 5.10 Å². The minimum atomic E-state index is -1.37.